The van der Waals surface area contributed by atoms with E-state index in [-0.39, 0.29) is 16.8 Å². The summed E-state index contributed by atoms with van der Waals surface area (Å²) in [6, 6.07) is 1.53. The molecule has 0 aliphatic carbocycles. The number of likely N-dealkylation sites (tertiary alicyclic amines) is 1. The molecule has 0 saturated carbocycles. The van der Waals surface area contributed by atoms with Crippen molar-refractivity contribution in [3.63, 3.8) is 0 Å². The number of piperazine rings is 1. The lowest BCUT2D eigenvalue weighted by Crippen LogP contribution is -2.55. The molecule has 0 spiro atoms. The molecule has 1 amide bonds. The highest BCUT2D eigenvalue weighted by molar-refractivity contribution is 7.89. The lowest BCUT2D eigenvalue weighted by molar-refractivity contribution is 0.0613. The number of amides is 1. The van der Waals surface area contributed by atoms with Gasteiger partial charge in [-0.25, -0.2) is 8.42 Å². The summed E-state index contributed by atoms with van der Waals surface area (Å²) >= 11 is 0. The average Bonchev–Trinajstić information content (AvgIpc) is 3.33. The summed E-state index contributed by atoms with van der Waals surface area (Å²) in [4.78, 5) is 19.4. The SMILES string of the molecule is CC[C@H]1CN(S(=O)(=O)c2c[nH]c(C(=O)N3CCCC3)c2)CCN1C[C@H](C)O. The third kappa shape index (κ3) is 4.37. The first-order chi connectivity index (χ1) is 12.8. The summed E-state index contributed by atoms with van der Waals surface area (Å²) in [6.45, 7) is 7.14. The number of aliphatic hydroxyl groups is 1. The van der Waals surface area contributed by atoms with Crippen LogP contribution in [0.3, 0.4) is 0 Å². The first-order valence-corrected chi connectivity index (χ1v) is 11.2. The zero-order chi connectivity index (χ0) is 19.6. The zero-order valence-electron chi connectivity index (χ0n) is 16.1. The molecule has 0 bridgehead atoms. The summed E-state index contributed by atoms with van der Waals surface area (Å²) in [6.07, 6.45) is 3.78. The highest BCUT2D eigenvalue weighted by Gasteiger charge is 2.34. The van der Waals surface area contributed by atoms with Gasteiger partial charge in [0.05, 0.1) is 6.10 Å². The molecule has 2 aliphatic heterocycles. The van der Waals surface area contributed by atoms with Gasteiger partial charge >= 0.3 is 0 Å². The molecule has 3 heterocycles. The Labute approximate surface area is 161 Å². The van der Waals surface area contributed by atoms with E-state index in [0.29, 0.717) is 31.9 Å². The normalized spacial score (nSPS) is 23.7. The number of hydrogen-bond donors (Lipinski definition) is 2. The summed E-state index contributed by atoms with van der Waals surface area (Å²) in [7, 11) is -3.65. The Morgan fingerprint density at radius 2 is 2.00 bits per heavy atom. The van der Waals surface area contributed by atoms with Crippen LogP contribution < -0.4 is 0 Å². The molecule has 2 fully saturated rings. The van der Waals surface area contributed by atoms with Crippen molar-refractivity contribution in [2.24, 2.45) is 0 Å². The molecule has 2 aliphatic rings. The predicted molar refractivity (Wildman–Crippen MR) is 102 cm³/mol. The van der Waals surface area contributed by atoms with E-state index in [0.717, 1.165) is 32.4 Å². The van der Waals surface area contributed by atoms with Crippen LogP contribution in [0.15, 0.2) is 17.2 Å². The number of rotatable bonds is 6. The van der Waals surface area contributed by atoms with Gasteiger partial charge < -0.3 is 15.0 Å². The van der Waals surface area contributed by atoms with Crippen molar-refractivity contribution in [1.82, 2.24) is 19.1 Å². The molecular formula is C18H30N4O4S. The zero-order valence-corrected chi connectivity index (χ0v) is 16.9. The first-order valence-electron chi connectivity index (χ1n) is 9.73. The molecule has 0 radical (unpaired) electrons. The van der Waals surface area contributed by atoms with Crippen LogP contribution in [0.4, 0.5) is 0 Å². The number of H-pyrrole nitrogens is 1. The van der Waals surface area contributed by atoms with Gasteiger partial charge in [0.25, 0.3) is 5.91 Å². The molecule has 8 nitrogen and oxygen atoms in total. The minimum atomic E-state index is -3.65. The highest BCUT2D eigenvalue weighted by Crippen LogP contribution is 2.23. The Morgan fingerprint density at radius 3 is 2.63 bits per heavy atom. The molecule has 2 atom stereocenters. The maximum atomic E-state index is 13.0. The van der Waals surface area contributed by atoms with E-state index in [2.05, 4.69) is 9.88 Å². The van der Waals surface area contributed by atoms with Gasteiger partial charge in [0.2, 0.25) is 10.0 Å². The van der Waals surface area contributed by atoms with Crippen LogP contribution in [0.2, 0.25) is 0 Å². The second-order valence-electron chi connectivity index (χ2n) is 7.52. The van der Waals surface area contributed by atoms with E-state index >= 15 is 0 Å². The quantitative estimate of drug-likeness (QED) is 0.736. The smallest absolute Gasteiger partial charge is 0.270 e. The third-order valence-electron chi connectivity index (χ3n) is 5.46. The number of aromatic nitrogens is 1. The minimum absolute atomic E-state index is 0.0766. The van der Waals surface area contributed by atoms with Crippen molar-refractivity contribution in [3.05, 3.63) is 18.0 Å². The first kappa shape index (κ1) is 20.3. The topological polar surface area (TPSA) is 97.0 Å². The maximum absolute atomic E-state index is 13.0. The van der Waals surface area contributed by atoms with E-state index in [1.165, 1.54) is 16.6 Å². The largest absolute Gasteiger partial charge is 0.392 e. The number of carbonyl (C=O) groups excluding carboxylic acids is 1. The van der Waals surface area contributed by atoms with Gasteiger partial charge in [-0.2, -0.15) is 4.31 Å². The monoisotopic (exact) mass is 398 g/mol. The molecule has 1 aromatic heterocycles. The van der Waals surface area contributed by atoms with Gasteiger partial charge in [-0.15, -0.1) is 0 Å². The fourth-order valence-corrected chi connectivity index (χ4v) is 5.40. The van der Waals surface area contributed by atoms with Crippen molar-refractivity contribution in [3.8, 4) is 0 Å². The molecule has 2 saturated heterocycles. The number of hydrogen-bond acceptors (Lipinski definition) is 5. The van der Waals surface area contributed by atoms with Crippen LogP contribution >= 0.6 is 0 Å². The van der Waals surface area contributed by atoms with Gasteiger partial charge in [0.15, 0.2) is 0 Å². The van der Waals surface area contributed by atoms with Crippen LogP contribution in [0.5, 0.6) is 0 Å². The van der Waals surface area contributed by atoms with E-state index in [9.17, 15) is 18.3 Å². The van der Waals surface area contributed by atoms with Gasteiger partial charge in [-0.05, 0) is 32.3 Å². The van der Waals surface area contributed by atoms with Crippen molar-refractivity contribution >= 4 is 15.9 Å². The second kappa shape index (κ2) is 8.30. The van der Waals surface area contributed by atoms with Gasteiger partial charge in [-0.3, -0.25) is 9.69 Å². The van der Waals surface area contributed by atoms with Gasteiger partial charge in [0.1, 0.15) is 10.6 Å². The van der Waals surface area contributed by atoms with Crippen LogP contribution in [-0.4, -0.2) is 89.9 Å². The maximum Gasteiger partial charge on any atom is 0.270 e. The van der Waals surface area contributed by atoms with E-state index < -0.39 is 16.1 Å². The number of aliphatic hydroxyl groups excluding tert-OH is 1. The van der Waals surface area contributed by atoms with E-state index in [1.807, 2.05) is 6.92 Å². The van der Waals surface area contributed by atoms with Crippen LogP contribution in [0, 0.1) is 0 Å². The summed E-state index contributed by atoms with van der Waals surface area (Å²) in [5, 5.41) is 9.65. The number of sulfonamides is 1. The van der Waals surface area contributed by atoms with Gasteiger partial charge in [-0.1, -0.05) is 6.92 Å². The molecule has 2 N–H and O–H groups in total. The molecule has 27 heavy (non-hydrogen) atoms. The number of nitrogens with one attached hydrogen (secondary N) is 1. The summed E-state index contributed by atoms with van der Waals surface area (Å²) in [5.41, 5.74) is 0.329. The fourth-order valence-electron chi connectivity index (χ4n) is 3.94. The molecule has 152 valence electrons. The number of β-amino-alcohol motifs (C(OH)–C–C–N with tert-alkyl or cyclic N) is 1. The van der Waals surface area contributed by atoms with Crippen LogP contribution in [0.25, 0.3) is 0 Å². The Kier molecular flexibility index (Phi) is 6.25. The Morgan fingerprint density at radius 1 is 1.30 bits per heavy atom. The van der Waals surface area contributed by atoms with Crippen LogP contribution in [0.1, 0.15) is 43.6 Å². The van der Waals surface area contributed by atoms with Crippen molar-refractivity contribution in [2.75, 3.05) is 39.3 Å². The predicted octanol–water partition coefficient (Wildman–Crippen LogP) is 0.716. The molecule has 0 unspecified atom stereocenters. The molecular weight excluding hydrogens is 368 g/mol. The standard InChI is InChI=1S/C18H30N4O4S/c1-3-15-13-22(9-8-21(15)12-14(2)23)27(25,26)16-10-17(19-11-16)18(24)20-6-4-5-7-20/h10-11,14-15,19,23H,3-9,12-13H2,1-2H3/t14-,15-/m0/s1. The number of nitrogens with zero attached hydrogens (tertiary/aromatic N) is 3. The van der Waals surface area contributed by atoms with E-state index in [1.54, 1.807) is 11.8 Å². The van der Waals surface area contributed by atoms with E-state index in [4.69, 9.17) is 0 Å². The number of carbonyl (C=O) groups is 1. The third-order valence-corrected chi connectivity index (χ3v) is 7.30. The summed E-state index contributed by atoms with van der Waals surface area (Å²) < 4.78 is 27.6. The lowest BCUT2D eigenvalue weighted by Gasteiger charge is -2.40. The average molecular weight is 399 g/mol. The molecule has 9 heteroatoms. The molecule has 1 aromatic rings. The fraction of sp³-hybridized carbons (Fsp3) is 0.722. The Balaban J connectivity index is 1.72. The number of aromatic amines is 1. The highest BCUT2D eigenvalue weighted by atomic mass is 32.2. The van der Waals surface area contributed by atoms with Gasteiger partial charge in [0, 0.05) is 51.5 Å². The second-order valence-corrected chi connectivity index (χ2v) is 9.46. The van der Waals surface area contributed by atoms with Crippen LogP contribution in [-0.2, 0) is 10.0 Å². The van der Waals surface area contributed by atoms with Crippen molar-refractivity contribution < 1.29 is 18.3 Å². The van der Waals surface area contributed by atoms with Crippen molar-refractivity contribution in [1.29, 1.82) is 0 Å². The minimum Gasteiger partial charge on any atom is -0.392 e. The Hall–Kier alpha value is -1.42. The summed E-state index contributed by atoms with van der Waals surface area (Å²) in [5.74, 6) is -0.137. The molecule has 0 aromatic carbocycles. The van der Waals surface area contributed by atoms with Crippen molar-refractivity contribution in [2.45, 2.75) is 50.2 Å². The lowest BCUT2D eigenvalue weighted by atomic mass is 10.1. The Bertz CT molecular complexity index is 755. The molecule has 3 rings (SSSR count).